The summed E-state index contributed by atoms with van der Waals surface area (Å²) in [6, 6.07) is 2.71. The minimum atomic E-state index is -0.739. The highest BCUT2D eigenvalue weighted by atomic mass is 16.3. The molecule has 2 saturated carbocycles. The number of rotatable bonds is 3. The van der Waals surface area contributed by atoms with Crippen LogP contribution < -0.4 is 5.32 Å². The summed E-state index contributed by atoms with van der Waals surface area (Å²) >= 11 is 0. The summed E-state index contributed by atoms with van der Waals surface area (Å²) in [6.45, 7) is 1.87. The summed E-state index contributed by atoms with van der Waals surface area (Å²) < 4.78 is 0. The Morgan fingerprint density at radius 3 is 2.36 bits per heavy atom. The van der Waals surface area contributed by atoms with E-state index in [-0.39, 0.29) is 18.1 Å². The van der Waals surface area contributed by atoms with Crippen LogP contribution in [0.4, 0.5) is 0 Å². The van der Waals surface area contributed by atoms with E-state index in [1.54, 1.807) is 0 Å². The van der Waals surface area contributed by atoms with Crippen LogP contribution in [0.2, 0.25) is 0 Å². The predicted octanol–water partition coefficient (Wildman–Crippen LogP) is 1.56. The van der Waals surface area contributed by atoms with Crippen LogP contribution in [-0.2, 0) is 4.79 Å². The van der Waals surface area contributed by atoms with Crippen LogP contribution in [0.1, 0.15) is 57.8 Å². The molecule has 0 aromatic carbocycles. The number of hydrogen-bond donors (Lipinski definition) is 2. The summed E-state index contributed by atoms with van der Waals surface area (Å²) in [5.74, 6) is -0.0580. The number of aliphatic hydroxyl groups excluding tert-OH is 1. The first kappa shape index (κ1) is 15.8. The number of nitrogens with one attached hydrogen (secondary N) is 1. The van der Waals surface area contributed by atoms with Crippen LogP contribution in [-0.4, -0.2) is 47.2 Å². The van der Waals surface area contributed by atoms with Gasteiger partial charge in [-0.25, -0.2) is 0 Å². The van der Waals surface area contributed by atoms with Gasteiger partial charge in [-0.15, -0.1) is 0 Å². The Balaban J connectivity index is 1.48. The van der Waals surface area contributed by atoms with Crippen LogP contribution in [0, 0.1) is 16.7 Å². The molecule has 1 heterocycles. The van der Waals surface area contributed by atoms with Gasteiger partial charge in [0.1, 0.15) is 5.41 Å². The first-order valence-corrected chi connectivity index (χ1v) is 8.79. The minimum absolute atomic E-state index is 0.0580. The zero-order valence-electron chi connectivity index (χ0n) is 13.3. The second-order valence-corrected chi connectivity index (χ2v) is 7.25. The smallest absolute Gasteiger partial charge is 0.240 e. The molecule has 2 aliphatic carbocycles. The van der Waals surface area contributed by atoms with E-state index in [0.717, 1.165) is 51.6 Å². The number of amides is 1. The first-order valence-electron chi connectivity index (χ1n) is 8.79. The maximum atomic E-state index is 12.3. The van der Waals surface area contributed by atoms with E-state index < -0.39 is 5.41 Å². The lowest BCUT2D eigenvalue weighted by atomic mass is 9.69. The molecule has 3 fully saturated rings. The average molecular weight is 305 g/mol. The quantitative estimate of drug-likeness (QED) is 0.830. The minimum Gasteiger partial charge on any atom is -0.391 e. The maximum Gasteiger partial charge on any atom is 0.240 e. The third-order valence-corrected chi connectivity index (χ3v) is 5.88. The van der Waals surface area contributed by atoms with Gasteiger partial charge < -0.3 is 10.4 Å². The van der Waals surface area contributed by atoms with Crippen LogP contribution in [0.25, 0.3) is 0 Å². The summed E-state index contributed by atoms with van der Waals surface area (Å²) in [7, 11) is 0. The zero-order valence-corrected chi connectivity index (χ0v) is 13.3. The van der Waals surface area contributed by atoms with Crippen molar-refractivity contribution in [3.05, 3.63) is 0 Å². The number of nitrogens with zero attached hydrogens (tertiary/aromatic N) is 2. The van der Waals surface area contributed by atoms with Crippen molar-refractivity contribution in [3.63, 3.8) is 0 Å². The molecule has 1 saturated heterocycles. The van der Waals surface area contributed by atoms with E-state index in [2.05, 4.69) is 16.3 Å². The molecule has 0 aromatic rings. The van der Waals surface area contributed by atoms with Gasteiger partial charge in [0.25, 0.3) is 0 Å². The van der Waals surface area contributed by atoms with E-state index in [9.17, 15) is 15.2 Å². The lowest BCUT2D eigenvalue weighted by Gasteiger charge is -2.42. The van der Waals surface area contributed by atoms with Gasteiger partial charge in [0.2, 0.25) is 5.91 Å². The van der Waals surface area contributed by atoms with Gasteiger partial charge in [-0.1, -0.05) is 12.8 Å². The summed E-state index contributed by atoms with van der Waals surface area (Å²) in [5.41, 5.74) is -0.739. The van der Waals surface area contributed by atoms with Crippen molar-refractivity contribution in [3.8, 4) is 6.07 Å². The lowest BCUT2D eigenvalue weighted by Crippen LogP contribution is -2.54. The Morgan fingerprint density at radius 2 is 1.82 bits per heavy atom. The molecular formula is C17H27N3O2. The van der Waals surface area contributed by atoms with E-state index in [1.165, 1.54) is 6.42 Å². The maximum absolute atomic E-state index is 12.3. The number of hydrogen-bond acceptors (Lipinski definition) is 4. The molecule has 122 valence electrons. The van der Waals surface area contributed by atoms with Gasteiger partial charge in [-0.2, -0.15) is 5.26 Å². The Bertz CT molecular complexity index is 447. The SMILES string of the molecule is N#CC1(C(=O)NC2CCN(C3CCCCC3O)CC2)CCC1. The molecular weight excluding hydrogens is 278 g/mol. The largest absolute Gasteiger partial charge is 0.391 e. The van der Waals surface area contributed by atoms with Gasteiger partial charge in [-0.05, 0) is 44.9 Å². The van der Waals surface area contributed by atoms with E-state index in [4.69, 9.17) is 0 Å². The molecule has 0 radical (unpaired) electrons. The fourth-order valence-electron chi connectivity index (χ4n) is 4.14. The lowest BCUT2D eigenvalue weighted by molar-refractivity contribution is -0.133. The molecule has 5 nitrogen and oxygen atoms in total. The van der Waals surface area contributed by atoms with Crippen molar-refractivity contribution in [1.29, 1.82) is 5.26 Å². The van der Waals surface area contributed by atoms with Crippen molar-refractivity contribution in [2.75, 3.05) is 13.1 Å². The molecule has 1 amide bonds. The van der Waals surface area contributed by atoms with Crippen molar-refractivity contribution >= 4 is 5.91 Å². The van der Waals surface area contributed by atoms with E-state index >= 15 is 0 Å². The molecule has 3 rings (SSSR count). The van der Waals surface area contributed by atoms with E-state index in [1.807, 2.05) is 0 Å². The number of carbonyl (C=O) groups excluding carboxylic acids is 1. The number of carbonyl (C=O) groups is 1. The topological polar surface area (TPSA) is 76.4 Å². The molecule has 5 heteroatoms. The third kappa shape index (κ3) is 3.00. The number of likely N-dealkylation sites (tertiary alicyclic amines) is 1. The fraction of sp³-hybridized carbons (Fsp3) is 0.882. The Hall–Kier alpha value is -1.12. The number of nitriles is 1. The van der Waals surface area contributed by atoms with Gasteiger partial charge in [0.05, 0.1) is 12.2 Å². The molecule has 0 aromatic heterocycles. The monoisotopic (exact) mass is 305 g/mol. The summed E-state index contributed by atoms with van der Waals surface area (Å²) in [6.07, 6.45) is 8.44. The Kier molecular flexibility index (Phi) is 4.70. The molecule has 3 aliphatic rings. The Labute approximate surface area is 132 Å². The summed E-state index contributed by atoms with van der Waals surface area (Å²) in [4.78, 5) is 14.7. The Morgan fingerprint density at radius 1 is 1.14 bits per heavy atom. The highest BCUT2D eigenvalue weighted by molar-refractivity contribution is 5.86. The predicted molar refractivity (Wildman–Crippen MR) is 82.9 cm³/mol. The average Bonchev–Trinajstić information content (AvgIpc) is 2.48. The summed E-state index contributed by atoms with van der Waals surface area (Å²) in [5, 5.41) is 22.5. The highest BCUT2D eigenvalue weighted by Crippen LogP contribution is 2.40. The molecule has 2 unspecified atom stereocenters. The first-order chi connectivity index (χ1) is 10.6. The standard InChI is InChI=1S/C17H27N3O2/c18-12-17(8-3-9-17)16(22)19-13-6-10-20(11-7-13)14-4-1-2-5-15(14)21/h13-15,21H,1-11H2,(H,19,22). The third-order valence-electron chi connectivity index (χ3n) is 5.88. The van der Waals surface area contributed by atoms with Gasteiger partial charge in [0, 0.05) is 25.2 Å². The van der Waals surface area contributed by atoms with Crippen LogP contribution in [0.5, 0.6) is 0 Å². The highest BCUT2D eigenvalue weighted by Gasteiger charge is 2.45. The van der Waals surface area contributed by atoms with Gasteiger partial charge >= 0.3 is 0 Å². The number of piperidine rings is 1. The van der Waals surface area contributed by atoms with Crippen molar-refractivity contribution in [2.24, 2.45) is 5.41 Å². The van der Waals surface area contributed by atoms with Gasteiger partial charge in [-0.3, -0.25) is 9.69 Å². The molecule has 0 spiro atoms. The molecule has 2 N–H and O–H groups in total. The zero-order chi connectivity index (χ0) is 15.6. The van der Waals surface area contributed by atoms with Crippen LogP contribution in [0.3, 0.4) is 0 Å². The molecule has 0 bridgehead atoms. The molecule has 1 aliphatic heterocycles. The van der Waals surface area contributed by atoms with Crippen LogP contribution >= 0.6 is 0 Å². The van der Waals surface area contributed by atoms with Gasteiger partial charge in [0.15, 0.2) is 0 Å². The van der Waals surface area contributed by atoms with Crippen molar-refractivity contribution < 1.29 is 9.90 Å². The molecule has 22 heavy (non-hydrogen) atoms. The normalized spacial score (nSPS) is 32.7. The molecule has 2 atom stereocenters. The number of aliphatic hydroxyl groups is 1. The van der Waals surface area contributed by atoms with Crippen molar-refractivity contribution in [2.45, 2.75) is 76.0 Å². The second kappa shape index (κ2) is 6.55. The fourth-order valence-corrected chi connectivity index (χ4v) is 4.14. The van der Waals surface area contributed by atoms with E-state index in [0.29, 0.717) is 18.9 Å². The second-order valence-electron chi connectivity index (χ2n) is 7.25. The van der Waals surface area contributed by atoms with Crippen LogP contribution in [0.15, 0.2) is 0 Å². The van der Waals surface area contributed by atoms with Crippen molar-refractivity contribution in [1.82, 2.24) is 10.2 Å².